The highest BCUT2D eigenvalue weighted by molar-refractivity contribution is 7.98. The van der Waals surface area contributed by atoms with Crippen LogP contribution < -0.4 is 10.2 Å². The van der Waals surface area contributed by atoms with E-state index >= 15 is 0 Å². The molecule has 4 aromatic carbocycles. The van der Waals surface area contributed by atoms with Crippen LogP contribution >= 0.6 is 11.8 Å². The van der Waals surface area contributed by atoms with Gasteiger partial charge in [0.05, 0.1) is 7.11 Å². The predicted octanol–water partition coefficient (Wildman–Crippen LogP) is 7.03. The average Bonchev–Trinajstić information content (AvgIpc) is 3.00. The van der Waals surface area contributed by atoms with Crippen molar-refractivity contribution in [2.75, 3.05) is 24.0 Å². The smallest absolute Gasteiger partial charge is 0.328 e. The number of benzene rings is 4. The summed E-state index contributed by atoms with van der Waals surface area (Å²) < 4.78 is 18.5. The third-order valence-electron chi connectivity index (χ3n) is 6.95. The first-order valence-corrected chi connectivity index (χ1v) is 14.9. The van der Waals surface area contributed by atoms with Gasteiger partial charge in [0.15, 0.2) is 0 Å². The number of ether oxygens (including phenoxy) is 1. The number of nitrogens with zero attached hydrogens (tertiary/aromatic N) is 1. The Balaban J connectivity index is 1.70. The van der Waals surface area contributed by atoms with Crippen molar-refractivity contribution in [3.8, 4) is 11.1 Å². The first-order valence-electron chi connectivity index (χ1n) is 13.5. The molecular formula is C34H35FN2O3S. The summed E-state index contributed by atoms with van der Waals surface area (Å²) in [6.07, 6.45) is 2.44. The molecule has 1 amide bonds. The fourth-order valence-corrected chi connectivity index (χ4v) is 5.23. The third kappa shape index (κ3) is 7.98. The Kier molecular flexibility index (Phi) is 10.6. The normalized spacial score (nSPS) is 11.5. The second-order valence-corrected chi connectivity index (χ2v) is 10.8. The summed E-state index contributed by atoms with van der Waals surface area (Å²) in [6, 6.07) is 29.7. The molecule has 0 saturated heterocycles. The summed E-state index contributed by atoms with van der Waals surface area (Å²) in [5.74, 6) is -0.328. The molecule has 0 spiro atoms. The molecule has 0 aliphatic rings. The van der Waals surface area contributed by atoms with Gasteiger partial charge in [-0.3, -0.25) is 4.79 Å². The number of thioether (sulfide) groups is 1. The third-order valence-corrected chi connectivity index (χ3v) is 7.59. The number of aryl methyl sites for hydroxylation is 1. The van der Waals surface area contributed by atoms with Gasteiger partial charge in [-0.1, -0.05) is 60.7 Å². The van der Waals surface area contributed by atoms with Gasteiger partial charge in [0.2, 0.25) is 0 Å². The van der Waals surface area contributed by atoms with Gasteiger partial charge in [0, 0.05) is 24.3 Å². The highest BCUT2D eigenvalue weighted by Gasteiger charge is 2.24. The van der Waals surface area contributed by atoms with Crippen LogP contribution in [0.5, 0.6) is 0 Å². The van der Waals surface area contributed by atoms with E-state index < -0.39 is 12.0 Å². The fraction of sp³-hybridized carbons (Fsp3) is 0.235. The quantitative estimate of drug-likeness (QED) is 0.185. The van der Waals surface area contributed by atoms with Gasteiger partial charge in [-0.15, -0.1) is 0 Å². The molecule has 1 atom stereocenters. The van der Waals surface area contributed by atoms with Gasteiger partial charge >= 0.3 is 5.97 Å². The number of rotatable bonds is 12. The van der Waals surface area contributed by atoms with E-state index in [0.29, 0.717) is 30.8 Å². The van der Waals surface area contributed by atoms with E-state index in [9.17, 15) is 14.0 Å². The van der Waals surface area contributed by atoms with Crippen LogP contribution in [0.15, 0.2) is 97.1 Å². The molecule has 41 heavy (non-hydrogen) atoms. The Hall–Kier alpha value is -4.10. The highest BCUT2D eigenvalue weighted by Crippen LogP contribution is 2.30. The molecule has 1 unspecified atom stereocenters. The van der Waals surface area contributed by atoms with Crippen molar-refractivity contribution >= 4 is 29.3 Å². The van der Waals surface area contributed by atoms with Crippen molar-refractivity contribution in [2.24, 2.45) is 0 Å². The minimum atomic E-state index is -0.728. The summed E-state index contributed by atoms with van der Waals surface area (Å²) in [7, 11) is 1.33. The summed E-state index contributed by atoms with van der Waals surface area (Å²) in [4.78, 5) is 28.2. The monoisotopic (exact) mass is 570 g/mol. The van der Waals surface area contributed by atoms with E-state index in [1.165, 1.54) is 19.2 Å². The van der Waals surface area contributed by atoms with Gasteiger partial charge in [-0.25, -0.2) is 9.18 Å². The Bertz CT molecular complexity index is 1460. The van der Waals surface area contributed by atoms with Gasteiger partial charge in [0.25, 0.3) is 5.91 Å². The number of amides is 1. The molecule has 5 nitrogen and oxygen atoms in total. The van der Waals surface area contributed by atoms with Gasteiger partial charge in [0.1, 0.15) is 11.9 Å². The van der Waals surface area contributed by atoms with Crippen LogP contribution in [0, 0.1) is 12.7 Å². The highest BCUT2D eigenvalue weighted by atomic mass is 32.2. The number of halogens is 1. The topological polar surface area (TPSA) is 58.6 Å². The number of nitrogens with one attached hydrogen (secondary N) is 1. The first kappa shape index (κ1) is 29.9. The number of carbonyl (C=O) groups excluding carboxylic acids is 2. The molecule has 212 valence electrons. The van der Waals surface area contributed by atoms with Crippen LogP contribution in [0.3, 0.4) is 0 Å². The van der Waals surface area contributed by atoms with Crippen LogP contribution in [0.4, 0.5) is 10.1 Å². The van der Waals surface area contributed by atoms with Crippen molar-refractivity contribution in [3.63, 3.8) is 0 Å². The lowest BCUT2D eigenvalue weighted by atomic mass is 9.93. The van der Waals surface area contributed by atoms with E-state index in [0.717, 1.165) is 33.5 Å². The van der Waals surface area contributed by atoms with Gasteiger partial charge in [-0.2, -0.15) is 11.8 Å². The minimum absolute atomic E-state index is 0.264. The average molecular weight is 571 g/mol. The van der Waals surface area contributed by atoms with Crippen molar-refractivity contribution in [3.05, 3.63) is 125 Å². The number of hydrogen-bond acceptors (Lipinski definition) is 5. The van der Waals surface area contributed by atoms with Crippen LogP contribution in [-0.4, -0.2) is 37.0 Å². The molecule has 0 saturated carbocycles. The summed E-state index contributed by atoms with van der Waals surface area (Å²) in [5.41, 5.74) is 6.31. The molecule has 1 N–H and O–H groups in total. The van der Waals surface area contributed by atoms with E-state index in [2.05, 4.69) is 22.3 Å². The second-order valence-electron chi connectivity index (χ2n) is 9.84. The van der Waals surface area contributed by atoms with Crippen molar-refractivity contribution < 1.29 is 18.7 Å². The molecule has 0 aliphatic carbocycles. The minimum Gasteiger partial charge on any atom is -0.467 e. The van der Waals surface area contributed by atoms with E-state index in [-0.39, 0.29) is 11.7 Å². The number of anilines is 1. The van der Waals surface area contributed by atoms with E-state index in [4.69, 9.17) is 4.74 Å². The maximum Gasteiger partial charge on any atom is 0.328 e. The fourth-order valence-electron chi connectivity index (χ4n) is 4.76. The number of carbonyl (C=O) groups is 2. The maximum absolute atomic E-state index is 13.6. The molecule has 0 fully saturated rings. The van der Waals surface area contributed by atoms with E-state index in [1.807, 2.05) is 73.8 Å². The second kappa shape index (κ2) is 14.5. The summed E-state index contributed by atoms with van der Waals surface area (Å²) >= 11 is 1.61. The van der Waals surface area contributed by atoms with Crippen LogP contribution in [0.2, 0.25) is 0 Å². The molecule has 0 bridgehead atoms. The molecule has 0 aromatic heterocycles. The first-order chi connectivity index (χ1) is 19.9. The SMILES string of the molecule is COC(=O)C(CCSC)NC(=O)c1ccc(CN(Cc2ccc(F)cc2)c2ccccc2)cc1-c1ccccc1C. The summed E-state index contributed by atoms with van der Waals surface area (Å²) in [5, 5.41) is 2.90. The van der Waals surface area contributed by atoms with E-state index in [1.54, 1.807) is 23.9 Å². The van der Waals surface area contributed by atoms with Crippen LogP contribution in [0.25, 0.3) is 11.1 Å². The van der Waals surface area contributed by atoms with Crippen LogP contribution in [-0.2, 0) is 22.6 Å². The largest absolute Gasteiger partial charge is 0.467 e. The van der Waals surface area contributed by atoms with Crippen LogP contribution in [0.1, 0.15) is 33.5 Å². The van der Waals surface area contributed by atoms with Crippen molar-refractivity contribution in [1.29, 1.82) is 0 Å². The molecule has 0 heterocycles. The lowest BCUT2D eigenvalue weighted by molar-refractivity contribution is -0.142. The zero-order chi connectivity index (χ0) is 29.2. The zero-order valence-electron chi connectivity index (χ0n) is 23.6. The molecule has 0 aliphatic heterocycles. The zero-order valence-corrected chi connectivity index (χ0v) is 24.4. The predicted molar refractivity (Wildman–Crippen MR) is 166 cm³/mol. The number of methoxy groups -OCH3 is 1. The van der Waals surface area contributed by atoms with Crippen molar-refractivity contribution in [2.45, 2.75) is 32.5 Å². The Labute approximate surface area is 245 Å². The Morgan fingerprint density at radius 2 is 1.54 bits per heavy atom. The number of para-hydroxylation sites is 1. The number of esters is 1. The Morgan fingerprint density at radius 1 is 0.878 bits per heavy atom. The molecule has 7 heteroatoms. The maximum atomic E-state index is 13.6. The standard InChI is InChI=1S/C34H35FN2O3S/c1-24-9-7-8-12-29(24)31-21-26(15-18-30(31)33(38)36-32(19-20-41-3)34(39)40-2)23-37(28-10-5-4-6-11-28)22-25-13-16-27(35)17-14-25/h4-18,21,32H,19-20,22-23H2,1-3H3,(H,36,38). The lowest BCUT2D eigenvalue weighted by Gasteiger charge is -2.26. The molecule has 4 aromatic rings. The lowest BCUT2D eigenvalue weighted by Crippen LogP contribution is -2.42. The number of hydrogen-bond donors (Lipinski definition) is 1. The van der Waals surface area contributed by atoms with Gasteiger partial charge in [-0.05, 0) is 89.6 Å². The van der Waals surface area contributed by atoms with Gasteiger partial charge < -0.3 is 15.0 Å². The Morgan fingerprint density at radius 3 is 2.22 bits per heavy atom. The molecule has 4 rings (SSSR count). The van der Waals surface area contributed by atoms with Crippen molar-refractivity contribution in [1.82, 2.24) is 5.32 Å². The molecular weight excluding hydrogens is 535 g/mol. The molecule has 0 radical (unpaired) electrons. The summed E-state index contributed by atoms with van der Waals surface area (Å²) in [6.45, 7) is 3.17.